The molecular weight excluding hydrogens is 286 g/mol. The Morgan fingerprint density at radius 3 is 2.35 bits per heavy atom. The topological polar surface area (TPSA) is 35.6 Å². The molecule has 1 amide bonds. The molecule has 2 fully saturated rings. The van der Waals surface area contributed by atoms with Crippen molar-refractivity contribution in [1.82, 2.24) is 10.2 Å². The van der Waals surface area contributed by atoms with Crippen LogP contribution in [0.5, 0.6) is 0 Å². The van der Waals surface area contributed by atoms with E-state index in [1.807, 2.05) is 35.2 Å². The van der Waals surface area contributed by atoms with Crippen LogP contribution in [-0.4, -0.2) is 50.1 Å². The Bertz CT molecular complexity index is 505. The molecule has 2 aliphatic rings. The summed E-state index contributed by atoms with van der Waals surface area (Å²) in [5.74, 6) is 0.830. The van der Waals surface area contributed by atoms with E-state index in [1.54, 1.807) is 0 Å². The molecule has 2 bridgehead atoms. The fourth-order valence-electron chi connectivity index (χ4n) is 4.00. The van der Waals surface area contributed by atoms with Crippen LogP contribution in [0.2, 0.25) is 0 Å². The van der Waals surface area contributed by atoms with Crippen molar-refractivity contribution in [3.05, 3.63) is 30.3 Å². The van der Waals surface area contributed by atoms with Gasteiger partial charge in [-0.15, -0.1) is 0 Å². The number of likely N-dealkylation sites (N-methyl/N-ethyl adjacent to an activating group) is 1. The van der Waals surface area contributed by atoms with Gasteiger partial charge in [0.15, 0.2) is 0 Å². The highest BCUT2D eigenvalue weighted by molar-refractivity contribution is 5.93. The van der Waals surface area contributed by atoms with Gasteiger partial charge in [-0.25, -0.2) is 0 Å². The lowest BCUT2D eigenvalue weighted by Crippen LogP contribution is -2.42. The van der Waals surface area contributed by atoms with Crippen LogP contribution in [0.4, 0.5) is 5.69 Å². The quantitative estimate of drug-likeness (QED) is 0.876. The van der Waals surface area contributed by atoms with E-state index < -0.39 is 0 Å². The fraction of sp³-hybridized carbons (Fsp3) is 0.632. The molecule has 3 rings (SSSR count). The maximum atomic E-state index is 12.9. The Morgan fingerprint density at radius 1 is 1.09 bits per heavy atom. The average molecular weight is 315 g/mol. The number of carbonyl (C=O) groups excluding carboxylic acids is 1. The molecule has 1 N–H and O–H groups in total. The number of amides is 1. The van der Waals surface area contributed by atoms with Crippen molar-refractivity contribution in [3.63, 3.8) is 0 Å². The van der Waals surface area contributed by atoms with Gasteiger partial charge in [-0.05, 0) is 57.8 Å². The van der Waals surface area contributed by atoms with Crippen molar-refractivity contribution < 1.29 is 4.79 Å². The number of hydrogen-bond donors (Lipinski definition) is 1. The van der Waals surface area contributed by atoms with Crippen LogP contribution in [0.1, 0.15) is 32.1 Å². The first-order chi connectivity index (χ1) is 11.1. The van der Waals surface area contributed by atoms with Crippen LogP contribution in [0.15, 0.2) is 30.3 Å². The zero-order valence-corrected chi connectivity index (χ0v) is 14.4. The molecule has 2 heterocycles. The molecule has 1 aromatic carbocycles. The standard InChI is InChI=1S/C19H29N3O/c1-21(2)10-11-22(18-6-4-3-5-7-18)19(23)14-15-12-16-8-9-17(13-15)20-16/h3-7,15-17,20H,8-14H2,1-2H3. The summed E-state index contributed by atoms with van der Waals surface area (Å²) in [5, 5.41) is 3.66. The third kappa shape index (κ3) is 4.33. The number of para-hydroxylation sites is 1. The molecule has 4 nitrogen and oxygen atoms in total. The molecule has 0 radical (unpaired) electrons. The normalized spacial score (nSPS) is 26.5. The number of rotatable bonds is 6. The molecule has 126 valence electrons. The molecule has 2 saturated heterocycles. The number of carbonyl (C=O) groups is 1. The molecule has 4 heteroatoms. The number of nitrogens with one attached hydrogen (secondary N) is 1. The van der Waals surface area contributed by atoms with E-state index >= 15 is 0 Å². The number of piperidine rings is 1. The van der Waals surface area contributed by atoms with Gasteiger partial charge >= 0.3 is 0 Å². The van der Waals surface area contributed by atoms with Crippen LogP contribution < -0.4 is 10.2 Å². The molecule has 0 aliphatic carbocycles. The second-order valence-electron chi connectivity index (χ2n) is 7.36. The number of anilines is 1. The second kappa shape index (κ2) is 7.45. The minimum atomic E-state index is 0.282. The molecule has 2 unspecified atom stereocenters. The van der Waals surface area contributed by atoms with Crippen LogP contribution in [0.3, 0.4) is 0 Å². The summed E-state index contributed by atoms with van der Waals surface area (Å²) in [5.41, 5.74) is 1.02. The minimum absolute atomic E-state index is 0.282. The van der Waals surface area contributed by atoms with Crippen molar-refractivity contribution in [3.8, 4) is 0 Å². The van der Waals surface area contributed by atoms with E-state index in [9.17, 15) is 4.79 Å². The number of fused-ring (bicyclic) bond motifs is 2. The highest BCUT2D eigenvalue weighted by Gasteiger charge is 2.34. The summed E-state index contributed by atoms with van der Waals surface area (Å²) >= 11 is 0. The van der Waals surface area contributed by atoms with E-state index in [-0.39, 0.29) is 5.91 Å². The molecule has 0 saturated carbocycles. The second-order valence-corrected chi connectivity index (χ2v) is 7.36. The highest BCUT2D eigenvalue weighted by atomic mass is 16.2. The van der Waals surface area contributed by atoms with E-state index in [0.717, 1.165) is 18.8 Å². The largest absolute Gasteiger partial charge is 0.311 e. The summed E-state index contributed by atoms with van der Waals surface area (Å²) in [6.45, 7) is 1.64. The smallest absolute Gasteiger partial charge is 0.227 e. The number of nitrogens with zero attached hydrogens (tertiary/aromatic N) is 2. The predicted molar refractivity (Wildman–Crippen MR) is 94.6 cm³/mol. The van der Waals surface area contributed by atoms with E-state index in [1.165, 1.54) is 25.7 Å². The molecule has 0 aromatic heterocycles. The minimum Gasteiger partial charge on any atom is -0.311 e. The van der Waals surface area contributed by atoms with Gasteiger partial charge in [0.25, 0.3) is 0 Å². The Kier molecular flexibility index (Phi) is 5.34. The Morgan fingerprint density at radius 2 is 1.74 bits per heavy atom. The van der Waals surface area contributed by atoms with Gasteiger partial charge in [0.05, 0.1) is 0 Å². The zero-order valence-electron chi connectivity index (χ0n) is 14.4. The zero-order chi connectivity index (χ0) is 16.2. The fourth-order valence-corrected chi connectivity index (χ4v) is 4.00. The third-order valence-corrected chi connectivity index (χ3v) is 5.17. The van der Waals surface area contributed by atoms with Crippen LogP contribution in [0.25, 0.3) is 0 Å². The van der Waals surface area contributed by atoms with Gasteiger partial charge in [0.1, 0.15) is 0 Å². The van der Waals surface area contributed by atoms with Gasteiger partial charge in [-0.2, -0.15) is 0 Å². The van der Waals surface area contributed by atoms with E-state index in [4.69, 9.17) is 0 Å². The van der Waals surface area contributed by atoms with Crippen LogP contribution >= 0.6 is 0 Å². The van der Waals surface area contributed by atoms with E-state index in [2.05, 4.69) is 24.3 Å². The van der Waals surface area contributed by atoms with Crippen LogP contribution in [0, 0.1) is 5.92 Å². The summed E-state index contributed by atoms with van der Waals surface area (Å²) in [7, 11) is 4.11. The first-order valence-electron chi connectivity index (χ1n) is 8.88. The Balaban J connectivity index is 1.64. The lowest BCUT2D eigenvalue weighted by molar-refractivity contribution is -0.119. The van der Waals surface area contributed by atoms with Gasteiger partial charge < -0.3 is 15.1 Å². The third-order valence-electron chi connectivity index (χ3n) is 5.17. The Hall–Kier alpha value is -1.39. The lowest BCUT2D eigenvalue weighted by Gasteiger charge is -2.31. The van der Waals surface area contributed by atoms with Crippen molar-refractivity contribution in [1.29, 1.82) is 0 Å². The number of benzene rings is 1. The van der Waals surface area contributed by atoms with Crippen LogP contribution in [-0.2, 0) is 4.79 Å². The maximum absolute atomic E-state index is 12.9. The van der Waals surface area contributed by atoms with Crippen molar-refractivity contribution in [2.75, 3.05) is 32.1 Å². The number of hydrogen-bond acceptors (Lipinski definition) is 3. The monoisotopic (exact) mass is 315 g/mol. The highest BCUT2D eigenvalue weighted by Crippen LogP contribution is 2.33. The SMILES string of the molecule is CN(C)CCN(C(=O)CC1CC2CCC(C1)N2)c1ccccc1. The summed E-state index contributed by atoms with van der Waals surface area (Å²) in [6.07, 6.45) is 5.60. The summed E-state index contributed by atoms with van der Waals surface area (Å²) in [4.78, 5) is 17.1. The Labute approximate surface area is 139 Å². The first kappa shape index (κ1) is 16.5. The molecule has 1 aromatic rings. The predicted octanol–water partition coefficient (Wildman–Crippen LogP) is 2.50. The van der Waals surface area contributed by atoms with E-state index in [0.29, 0.717) is 24.4 Å². The van der Waals surface area contributed by atoms with Crippen molar-refractivity contribution in [2.24, 2.45) is 5.92 Å². The molecule has 2 atom stereocenters. The molecule has 0 spiro atoms. The first-order valence-corrected chi connectivity index (χ1v) is 8.88. The molecular formula is C19H29N3O. The summed E-state index contributed by atoms with van der Waals surface area (Å²) in [6, 6.07) is 11.4. The molecule has 2 aliphatic heterocycles. The van der Waals surface area contributed by atoms with Crippen molar-refractivity contribution in [2.45, 2.75) is 44.2 Å². The van der Waals surface area contributed by atoms with Gasteiger partial charge in [-0.3, -0.25) is 4.79 Å². The van der Waals surface area contributed by atoms with Gasteiger partial charge in [0.2, 0.25) is 5.91 Å². The average Bonchev–Trinajstić information content (AvgIpc) is 2.87. The maximum Gasteiger partial charge on any atom is 0.227 e. The lowest BCUT2D eigenvalue weighted by atomic mass is 9.89. The van der Waals surface area contributed by atoms with Gasteiger partial charge in [0, 0.05) is 37.3 Å². The summed E-state index contributed by atoms with van der Waals surface area (Å²) < 4.78 is 0. The van der Waals surface area contributed by atoms with Gasteiger partial charge in [-0.1, -0.05) is 18.2 Å². The van der Waals surface area contributed by atoms with Crippen molar-refractivity contribution >= 4 is 11.6 Å². The molecule has 23 heavy (non-hydrogen) atoms.